The Bertz CT molecular complexity index is 439. The molecule has 18 heavy (non-hydrogen) atoms. The van der Waals surface area contributed by atoms with E-state index in [1.54, 1.807) is 6.92 Å². The van der Waals surface area contributed by atoms with Crippen molar-refractivity contribution in [3.8, 4) is 0 Å². The van der Waals surface area contributed by atoms with Gasteiger partial charge >= 0.3 is 0 Å². The molecule has 0 atom stereocenters. The van der Waals surface area contributed by atoms with Gasteiger partial charge in [0.05, 0.1) is 0 Å². The first-order valence-electron chi connectivity index (χ1n) is 6.34. The van der Waals surface area contributed by atoms with Crippen molar-refractivity contribution in [1.82, 2.24) is 4.90 Å². The molecule has 2 rings (SSSR count). The van der Waals surface area contributed by atoms with E-state index in [9.17, 15) is 4.79 Å². The number of aryl methyl sites for hydroxylation is 1. The molecule has 0 aliphatic carbocycles. The van der Waals surface area contributed by atoms with E-state index in [-0.39, 0.29) is 5.91 Å². The molecule has 98 valence electrons. The lowest BCUT2D eigenvalue weighted by Gasteiger charge is -2.32. The van der Waals surface area contributed by atoms with Crippen LogP contribution in [0.15, 0.2) is 22.7 Å². The number of hydrogen-bond acceptors (Lipinski definition) is 2. The molecule has 0 saturated carbocycles. The highest BCUT2D eigenvalue weighted by atomic mass is 79.9. The third-order valence-electron chi connectivity index (χ3n) is 3.48. The molecule has 1 heterocycles. The van der Waals surface area contributed by atoms with Crippen LogP contribution in [0.2, 0.25) is 0 Å². The van der Waals surface area contributed by atoms with Crippen molar-refractivity contribution in [3.63, 3.8) is 0 Å². The number of hydrogen-bond donors (Lipinski definition) is 1. The Hall–Kier alpha value is -1.03. The molecule has 0 spiro atoms. The molecular formula is C14H19BrN2O. The molecule has 4 heteroatoms. The predicted octanol–water partition coefficient (Wildman–Crippen LogP) is 3.18. The number of amides is 1. The van der Waals surface area contributed by atoms with Gasteiger partial charge in [-0.3, -0.25) is 4.79 Å². The molecule has 0 unspecified atom stereocenters. The van der Waals surface area contributed by atoms with Crippen molar-refractivity contribution in [2.75, 3.05) is 18.4 Å². The largest absolute Gasteiger partial charge is 0.382 e. The summed E-state index contributed by atoms with van der Waals surface area (Å²) in [4.78, 5) is 13.2. The molecular weight excluding hydrogens is 292 g/mol. The second-order valence-electron chi connectivity index (χ2n) is 4.89. The lowest BCUT2D eigenvalue weighted by molar-refractivity contribution is -0.129. The molecule has 1 fully saturated rings. The topological polar surface area (TPSA) is 32.3 Å². The number of likely N-dealkylation sites (tertiary alicyclic amines) is 1. The molecule has 1 amide bonds. The molecule has 1 aromatic rings. The zero-order chi connectivity index (χ0) is 13.1. The van der Waals surface area contributed by atoms with Crippen molar-refractivity contribution in [2.24, 2.45) is 0 Å². The van der Waals surface area contributed by atoms with Gasteiger partial charge in [-0.2, -0.15) is 0 Å². The second-order valence-corrected chi connectivity index (χ2v) is 5.74. The maximum Gasteiger partial charge on any atom is 0.219 e. The van der Waals surface area contributed by atoms with Gasteiger partial charge < -0.3 is 10.2 Å². The summed E-state index contributed by atoms with van der Waals surface area (Å²) in [5.41, 5.74) is 2.39. The zero-order valence-corrected chi connectivity index (χ0v) is 12.5. The first-order valence-corrected chi connectivity index (χ1v) is 7.14. The van der Waals surface area contributed by atoms with Gasteiger partial charge in [0.1, 0.15) is 0 Å². The molecule has 1 aliphatic rings. The number of piperidine rings is 1. The van der Waals surface area contributed by atoms with Crippen LogP contribution in [0.3, 0.4) is 0 Å². The highest BCUT2D eigenvalue weighted by Crippen LogP contribution is 2.23. The fourth-order valence-electron chi connectivity index (χ4n) is 2.26. The van der Waals surface area contributed by atoms with Crippen molar-refractivity contribution < 1.29 is 4.79 Å². The van der Waals surface area contributed by atoms with Crippen LogP contribution in [0.5, 0.6) is 0 Å². The number of nitrogens with zero attached hydrogens (tertiary/aromatic N) is 1. The van der Waals surface area contributed by atoms with Crippen LogP contribution in [0.1, 0.15) is 25.3 Å². The van der Waals surface area contributed by atoms with Gasteiger partial charge in [-0.25, -0.2) is 0 Å². The minimum atomic E-state index is 0.187. The minimum absolute atomic E-state index is 0.187. The van der Waals surface area contributed by atoms with Crippen LogP contribution in [0.25, 0.3) is 0 Å². The van der Waals surface area contributed by atoms with E-state index in [4.69, 9.17) is 0 Å². The first kappa shape index (κ1) is 13.4. The summed E-state index contributed by atoms with van der Waals surface area (Å²) in [6, 6.07) is 6.80. The summed E-state index contributed by atoms with van der Waals surface area (Å²) in [6.07, 6.45) is 2.04. The maximum absolute atomic E-state index is 11.2. The second kappa shape index (κ2) is 5.74. The van der Waals surface area contributed by atoms with Crippen LogP contribution in [-0.2, 0) is 4.79 Å². The van der Waals surface area contributed by atoms with Crippen LogP contribution < -0.4 is 5.32 Å². The fraction of sp³-hybridized carbons (Fsp3) is 0.500. The van der Waals surface area contributed by atoms with E-state index in [1.807, 2.05) is 4.90 Å². The standard InChI is InChI=1S/C14H19BrN2O/c1-10-3-4-13(9-14(10)15)16-12-5-7-17(8-6-12)11(2)18/h3-4,9,12,16H,5-8H2,1-2H3. The van der Waals surface area contributed by atoms with E-state index in [0.717, 1.165) is 36.1 Å². The highest BCUT2D eigenvalue weighted by Gasteiger charge is 2.20. The fourth-order valence-corrected chi connectivity index (χ4v) is 2.64. The van der Waals surface area contributed by atoms with Crippen LogP contribution in [-0.4, -0.2) is 29.9 Å². The van der Waals surface area contributed by atoms with Gasteiger partial charge in [0.15, 0.2) is 0 Å². The third-order valence-corrected chi connectivity index (χ3v) is 4.34. The van der Waals surface area contributed by atoms with Gasteiger partial charge in [-0.1, -0.05) is 22.0 Å². The Morgan fingerprint density at radius 1 is 1.39 bits per heavy atom. The van der Waals surface area contributed by atoms with Crippen LogP contribution in [0, 0.1) is 6.92 Å². The van der Waals surface area contributed by atoms with Crippen LogP contribution in [0.4, 0.5) is 5.69 Å². The quantitative estimate of drug-likeness (QED) is 0.910. The summed E-state index contributed by atoms with van der Waals surface area (Å²) in [6.45, 7) is 5.45. The number of benzene rings is 1. The van der Waals surface area contributed by atoms with Gasteiger partial charge in [-0.05, 0) is 37.5 Å². The van der Waals surface area contributed by atoms with Crippen molar-refractivity contribution in [2.45, 2.75) is 32.7 Å². The summed E-state index contributed by atoms with van der Waals surface area (Å²) in [5.74, 6) is 0.187. The minimum Gasteiger partial charge on any atom is -0.382 e. The summed E-state index contributed by atoms with van der Waals surface area (Å²) < 4.78 is 1.13. The monoisotopic (exact) mass is 310 g/mol. The van der Waals surface area contributed by atoms with Crippen LogP contribution >= 0.6 is 15.9 Å². The number of carbonyl (C=O) groups is 1. The number of rotatable bonds is 2. The van der Waals surface area contributed by atoms with Gasteiger partial charge in [0.25, 0.3) is 0 Å². The van der Waals surface area contributed by atoms with E-state index in [0.29, 0.717) is 6.04 Å². The van der Waals surface area contributed by atoms with E-state index >= 15 is 0 Å². The molecule has 0 aromatic heterocycles. The Morgan fingerprint density at radius 2 is 2.06 bits per heavy atom. The maximum atomic E-state index is 11.2. The summed E-state index contributed by atoms with van der Waals surface area (Å²) in [7, 11) is 0. The van der Waals surface area contributed by atoms with Gasteiger partial charge in [0, 0.05) is 36.2 Å². The molecule has 0 radical (unpaired) electrons. The lowest BCUT2D eigenvalue weighted by atomic mass is 10.0. The van der Waals surface area contributed by atoms with E-state index < -0.39 is 0 Å². The van der Waals surface area contributed by atoms with Gasteiger partial charge in [-0.15, -0.1) is 0 Å². The average molecular weight is 311 g/mol. The number of halogens is 1. The molecule has 1 N–H and O–H groups in total. The molecule has 0 bridgehead atoms. The number of anilines is 1. The Morgan fingerprint density at radius 3 is 2.61 bits per heavy atom. The smallest absolute Gasteiger partial charge is 0.219 e. The molecule has 3 nitrogen and oxygen atoms in total. The number of nitrogens with one attached hydrogen (secondary N) is 1. The van der Waals surface area contributed by atoms with Crippen molar-refractivity contribution in [3.05, 3.63) is 28.2 Å². The number of carbonyl (C=O) groups excluding carboxylic acids is 1. The SMILES string of the molecule is CC(=O)N1CCC(Nc2ccc(C)c(Br)c2)CC1. The zero-order valence-electron chi connectivity index (χ0n) is 10.9. The van der Waals surface area contributed by atoms with Crippen molar-refractivity contribution in [1.29, 1.82) is 0 Å². The third kappa shape index (κ3) is 3.25. The summed E-state index contributed by atoms with van der Waals surface area (Å²) >= 11 is 3.55. The Kier molecular flexibility index (Phi) is 4.27. The Balaban J connectivity index is 1.91. The predicted molar refractivity (Wildman–Crippen MR) is 77.8 cm³/mol. The lowest BCUT2D eigenvalue weighted by Crippen LogP contribution is -2.41. The van der Waals surface area contributed by atoms with Gasteiger partial charge in [0.2, 0.25) is 5.91 Å². The first-order chi connectivity index (χ1) is 8.56. The Labute approximate surface area is 117 Å². The van der Waals surface area contributed by atoms with E-state index in [2.05, 4.69) is 46.4 Å². The molecule has 1 saturated heterocycles. The highest BCUT2D eigenvalue weighted by molar-refractivity contribution is 9.10. The van der Waals surface area contributed by atoms with E-state index in [1.165, 1.54) is 5.56 Å². The normalized spacial score (nSPS) is 16.7. The summed E-state index contributed by atoms with van der Waals surface area (Å²) in [5, 5.41) is 3.54. The molecule has 1 aromatic carbocycles. The van der Waals surface area contributed by atoms with Crippen molar-refractivity contribution >= 4 is 27.5 Å². The molecule has 1 aliphatic heterocycles. The average Bonchev–Trinajstić information content (AvgIpc) is 2.34.